The van der Waals surface area contributed by atoms with Crippen LogP contribution in [0.1, 0.15) is 26.2 Å². The number of hydrogen-bond donors (Lipinski definition) is 1. The van der Waals surface area contributed by atoms with Crippen LogP contribution >= 0.6 is 11.8 Å². The topological polar surface area (TPSA) is 46.2 Å². The summed E-state index contributed by atoms with van der Waals surface area (Å²) in [6, 6.07) is 0.911. The first-order chi connectivity index (χ1) is 6.97. The molecule has 3 nitrogen and oxygen atoms in total. The fraction of sp³-hybridized carbons (Fsp3) is 1.00. The third-order valence-electron chi connectivity index (χ3n) is 2.66. The number of thioether (sulfide) groups is 1. The van der Waals surface area contributed by atoms with Crippen LogP contribution in [0.3, 0.4) is 0 Å². The first-order valence-corrected chi connectivity index (χ1v) is 8.70. The third-order valence-corrected chi connectivity index (χ3v) is 4.69. The maximum absolute atomic E-state index is 11.0. The maximum atomic E-state index is 11.0. The largest absolute Gasteiger partial charge is 0.311 e. The minimum absolute atomic E-state index is 0.294. The molecule has 1 unspecified atom stereocenters. The summed E-state index contributed by atoms with van der Waals surface area (Å²) in [5.41, 5.74) is 0. The molecular formula is C10H21NO2S2. The Balaban J connectivity index is 2.20. The number of nitrogens with one attached hydrogen (secondary N) is 1. The van der Waals surface area contributed by atoms with E-state index in [4.69, 9.17) is 0 Å². The van der Waals surface area contributed by atoms with Crippen LogP contribution in [0.2, 0.25) is 0 Å². The molecule has 0 aromatic heterocycles. The van der Waals surface area contributed by atoms with Crippen molar-refractivity contribution < 1.29 is 8.42 Å². The fourth-order valence-corrected chi connectivity index (χ4v) is 3.63. The van der Waals surface area contributed by atoms with E-state index in [1.807, 2.05) is 11.8 Å². The maximum Gasteiger partial charge on any atom is 0.147 e. The number of sulfone groups is 1. The van der Waals surface area contributed by atoms with Gasteiger partial charge in [0.1, 0.15) is 9.84 Å². The van der Waals surface area contributed by atoms with Gasteiger partial charge in [0.15, 0.2) is 0 Å². The molecule has 0 radical (unpaired) electrons. The molecule has 0 aliphatic carbocycles. The van der Waals surface area contributed by atoms with Crippen molar-refractivity contribution in [2.45, 2.75) is 38.3 Å². The molecular weight excluding hydrogens is 230 g/mol. The van der Waals surface area contributed by atoms with E-state index in [1.165, 1.54) is 30.6 Å². The Labute approximate surface area is 97.3 Å². The van der Waals surface area contributed by atoms with E-state index >= 15 is 0 Å². The first-order valence-electron chi connectivity index (χ1n) is 5.49. The SMILES string of the molecule is CC(CCS(C)(=O)=O)NC1CCSCC1. The summed E-state index contributed by atoms with van der Waals surface area (Å²) < 4.78 is 22.0. The third kappa shape index (κ3) is 6.43. The zero-order valence-electron chi connectivity index (χ0n) is 9.53. The van der Waals surface area contributed by atoms with Crippen LogP contribution in [0.5, 0.6) is 0 Å². The Kier molecular flexibility index (Phi) is 5.43. The molecule has 90 valence electrons. The lowest BCUT2D eigenvalue weighted by atomic mass is 10.1. The van der Waals surface area contributed by atoms with E-state index in [2.05, 4.69) is 12.2 Å². The van der Waals surface area contributed by atoms with Gasteiger partial charge < -0.3 is 5.32 Å². The van der Waals surface area contributed by atoms with Crippen molar-refractivity contribution in [1.82, 2.24) is 5.32 Å². The highest BCUT2D eigenvalue weighted by Crippen LogP contribution is 2.17. The molecule has 1 heterocycles. The highest BCUT2D eigenvalue weighted by atomic mass is 32.2. The molecule has 1 fully saturated rings. The smallest absolute Gasteiger partial charge is 0.147 e. The molecule has 1 aliphatic heterocycles. The van der Waals surface area contributed by atoms with Crippen LogP contribution in [0, 0.1) is 0 Å². The minimum Gasteiger partial charge on any atom is -0.311 e. The molecule has 1 saturated heterocycles. The summed E-state index contributed by atoms with van der Waals surface area (Å²) in [6.45, 7) is 2.08. The molecule has 1 rings (SSSR count). The van der Waals surface area contributed by atoms with Crippen molar-refractivity contribution in [3.63, 3.8) is 0 Å². The second kappa shape index (κ2) is 6.11. The minimum atomic E-state index is -2.80. The van der Waals surface area contributed by atoms with Crippen molar-refractivity contribution in [2.75, 3.05) is 23.5 Å². The van der Waals surface area contributed by atoms with Gasteiger partial charge in [0.25, 0.3) is 0 Å². The molecule has 1 N–H and O–H groups in total. The van der Waals surface area contributed by atoms with Gasteiger partial charge >= 0.3 is 0 Å². The van der Waals surface area contributed by atoms with Crippen molar-refractivity contribution in [3.05, 3.63) is 0 Å². The monoisotopic (exact) mass is 251 g/mol. The number of rotatable bonds is 5. The first kappa shape index (κ1) is 13.3. The van der Waals surface area contributed by atoms with Gasteiger partial charge in [0.05, 0.1) is 5.75 Å². The van der Waals surface area contributed by atoms with Crippen molar-refractivity contribution in [1.29, 1.82) is 0 Å². The molecule has 0 aromatic carbocycles. The summed E-state index contributed by atoms with van der Waals surface area (Å²) in [5, 5.41) is 3.51. The molecule has 0 saturated carbocycles. The molecule has 0 bridgehead atoms. The second-order valence-corrected chi connectivity index (χ2v) is 7.86. The van der Waals surface area contributed by atoms with Crippen LogP contribution in [-0.2, 0) is 9.84 Å². The van der Waals surface area contributed by atoms with E-state index < -0.39 is 9.84 Å². The summed E-state index contributed by atoms with van der Waals surface area (Å²) in [5.74, 6) is 2.76. The van der Waals surface area contributed by atoms with E-state index in [0.29, 0.717) is 17.8 Å². The standard InChI is InChI=1S/C10H21NO2S2/c1-9(5-8-15(2,12)13)11-10-3-6-14-7-4-10/h9-11H,3-8H2,1-2H3. The van der Waals surface area contributed by atoms with Crippen LogP contribution in [0.4, 0.5) is 0 Å². The number of hydrogen-bond acceptors (Lipinski definition) is 4. The molecule has 1 aliphatic rings. The second-order valence-electron chi connectivity index (χ2n) is 4.37. The predicted molar refractivity (Wildman–Crippen MR) is 67.3 cm³/mol. The Morgan fingerprint density at radius 2 is 2.00 bits per heavy atom. The van der Waals surface area contributed by atoms with Gasteiger partial charge in [0.2, 0.25) is 0 Å². The summed E-state index contributed by atoms with van der Waals surface area (Å²) in [7, 11) is -2.80. The van der Waals surface area contributed by atoms with Crippen LogP contribution in [0.15, 0.2) is 0 Å². The van der Waals surface area contributed by atoms with Gasteiger partial charge in [-0.3, -0.25) is 0 Å². The van der Waals surface area contributed by atoms with Gasteiger partial charge in [-0.2, -0.15) is 11.8 Å². The highest BCUT2D eigenvalue weighted by Gasteiger charge is 2.16. The molecule has 5 heteroatoms. The van der Waals surface area contributed by atoms with Gasteiger partial charge in [-0.05, 0) is 37.7 Å². The molecule has 1 atom stereocenters. The average molecular weight is 251 g/mol. The summed E-state index contributed by atoms with van der Waals surface area (Å²) >= 11 is 2.01. The van der Waals surface area contributed by atoms with Gasteiger partial charge in [-0.1, -0.05) is 0 Å². The van der Waals surface area contributed by atoms with Crippen LogP contribution in [0.25, 0.3) is 0 Å². The van der Waals surface area contributed by atoms with Gasteiger partial charge in [0, 0.05) is 18.3 Å². The van der Waals surface area contributed by atoms with Gasteiger partial charge in [-0.25, -0.2) is 8.42 Å². The normalized spacial score (nSPS) is 21.5. The zero-order chi connectivity index (χ0) is 11.3. The quantitative estimate of drug-likeness (QED) is 0.800. The Morgan fingerprint density at radius 1 is 1.40 bits per heavy atom. The Morgan fingerprint density at radius 3 is 2.53 bits per heavy atom. The van der Waals surface area contributed by atoms with Gasteiger partial charge in [-0.15, -0.1) is 0 Å². The lowest BCUT2D eigenvalue weighted by molar-refractivity contribution is 0.416. The fourth-order valence-electron chi connectivity index (χ4n) is 1.74. The highest BCUT2D eigenvalue weighted by molar-refractivity contribution is 7.99. The van der Waals surface area contributed by atoms with E-state index in [-0.39, 0.29) is 0 Å². The van der Waals surface area contributed by atoms with Crippen LogP contribution in [-0.4, -0.2) is 44.0 Å². The lowest BCUT2D eigenvalue weighted by Crippen LogP contribution is -2.39. The van der Waals surface area contributed by atoms with E-state index in [9.17, 15) is 8.42 Å². The van der Waals surface area contributed by atoms with Crippen LogP contribution < -0.4 is 5.32 Å². The summed E-state index contributed by atoms with van der Waals surface area (Å²) in [6.07, 6.45) is 4.46. The molecule has 0 spiro atoms. The summed E-state index contributed by atoms with van der Waals surface area (Å²) in [4.78, 5) is 0. The van der Waals surface area contributed by atoms with Crippen molar-refractivity contribution in [3.8, 4) is 0 Å². The Hall–Kier alpha value is 0.260. The van der Waals surface area contributed by atoms with E-state index in [0.717, 1.165) is 6.42 Å². The molecule has 0 amide bonds. The average Bonchev–Trinajstić information content (AvgIpc) is 2.15. The van der Waals surface area contributed by atoms with Crippen molar-refractivity contribution >= 4 is 21.6 Å². The van der Waals surface area contributed by atoms with E-state index in [1.54, 1.807) is 0 Å². The Bertz CT molecular complexity index is 271. The molecule has 15 heavy (non-hydrogen) atoms. The predicted octanol–water partition coefficient (Wildman–Crippen LogP) is 1.29. The zero-order valence-corrected chi connectivity index (χ0v) is 11.2. The molecule has 0 aromatic rings. The lowest BCUT2D eigenvalue weighted by Gasteiger charge is -2.26. The van der Waals surface area contributed by atoms with Crippen molar-refractivity contribution in [2.24, 2.45) is 0 Å².